The van der Waals surface area contributed by atoms with Crippen molar-refractivity contribution < 1.29 is 9.53 Å². The van der Waals surface area contributed by atoms with E-state index in [1.54, 1.807) is 22.8 Å². The summed E-state index contributed by atoms with van der Waals surface area (Å²) in [6, 6.07) is 12.7. The largest absolute Gasteiger partial charge is 0.376 e. The average molecular weight is 472 g/mol. The summed E-state index contributed by atoms with van der Waals surface area (Å²) in [5.41, 5.74) is 1.85. The molecule has 32 heavy (non-hydrogen) atoms. The number of aromatic nitrogens is 2. The van der Waals surface area contributed by atoms with Gasteiger partial charge in [-0.25, -0.2) is 4.98 Å². The number of amides is 1. The van der Waals surface area contributed by atoms with Crippen LogP contribution in [0.4, 0.5) is 0 Å². The van der Waals surface area contributed by atoms with Gasteiger partial charge in [-0.1, -0.05) is 41.6 Å². The third-order valence-corrected chi connectivity index (χ3v) is 6.72. The quantitative estimate of drug-likeness (QED) is 0.400. The second kappa shape index (κ2) is 10.1. The molecule has 0 spiro atoms. The molecule has 1 atom stereocenters. The fraction of sp³-hybridized carbons (Fsp3) is 0.375. The van der Waals surface area contributed by atoms with Crippen molar-refractivity contribution in [2.45, 2.75) is 56.3 Å². The first-order valence-electron chi connectivity index (χ1n) is 10.8. The number of ether oxygens (including phenoxy) is 1. The van der Waals surface area contributed by atoms with Gasteiger partial charge in [0.25, 0.3) is 11.5 Å². The molecule has 0 radical (unpaired) electrons. The highest BCUT2D eigenvalue weighted by atomic mass is 35.5. The fourth-order valence-electron chi connectivity index (χ4n) is 3.71. The summed E-state index contributed by atoms with van der Waals surface area (Å²) in [6.45, 7) is 4.99. The van der Waals surface area contributed by atoms with Crippen LogP contribution in [0, 0.1) is 0 Å². The summed E-state index contributed by atoms with van der Waals surface area (Å²) in [5, 5.41) is 4.65. The molecule has 1 aliphatic rings. The van der Waals surface area contributed by atoms with E-state index in [1.165, 1.54) is 11.8 Å². The molecule has 168 valence electrons. The molecule has 0 bridgehead atoms. The lowest BCUT2D eigenvalue weighted by Crippen LogP contribution is -2.31. The minimum absolute atomic E-state index is 0.00251. The molecule has 1 aliphatic heterocycles. The molecule has 1 N–H and O–H groups in total. The topological polar surface area (TPSA) is 73.2 Å². The van der Waals surface area contributed by atoms with Crippen molar-refractivity contribution in [2.75, 3.05) is 6.61 Å². The predicted octanol–water partition coefficient (Wildman–Crippen LogP) is 4.66. The van der Waals surface area contributed by atoms with Crippen LogP contribution >= 0.6 is 23.4 Å². The minimum Gasteiger partial charge on any atom is -0.376 e. The van der Waals surface area contributed by atoms with Gasteiger partial charge in [0.15, 0.2) is 5.16 Å². The monoisotopic (exact) mass is 471 g/mol. The number of fused-ring (bicyclic) bond motifs is 1. The third-order valence-electron chi connectivity index (χ3n) is 5.33. The van der Waals surface area contributed by atoms with E-state index < -0.39 is 0 Å². The maximum absolute atomic E-state index is 13.4. The van der Waals surface area contributed by atoms with Gasteiger partial charge in [-0.3, -0.25) is 14.2 Å². The zero-order valence-corrected chi connectivity index (χ0v) is 19.7. The lowest BCUT2D eigenvalue weighted by Gasteiger charge is -2.17. The SMILES string of the molecule is CC(C)NC(=O)c1ccc2c(=O)n(C[C@@H]3CCCO3)c(SCc3ccccc3Cl)nc2c1. The molecule has 6 nitrogen and oxygen atoms in total. The molecule has 0 unspecified atom stereocenters. The zero-order valence-electron chi connectivity index (χ0n) is 18.1. The summed E-state index contributed by atoms with van der Waals surface area (Å²) in [4.78, 5) is 30.6. The van der Waals surface area contributed by atoms with Crippen LogP contribution in [0.15, 0.2) is 52.4 Å². The van der Waals surface area contributed by atoms with Gasteiger partial charge in [0.1, 0.15) is 0 Å². The molecule has 8 heteroatoms. The van der Waals surface area contributed by atoms with Crippen molar-refractivity contribution in [3.63, 3.8) is 0 Å². The maximum atomic E-state index is 13.4. The molecule has 1 saturated heterocycles. The van der Waals surface area contributed by atoms with Crippen molar-refractivity contribution in [2.24, 2.45) is 0 Å². The summed E-state index contributed by atoms with van der Waals surface area (Å²) < 4.78 is 7.48. The Morgan fingerprint density at radius 1 is 1.31 bits per heavy atom. The highest BCUT2D eigenvalue weighted by Gasteiger charge is 2.21. The number of benzene rings is 2. The van der Waals surface area contributed by atoms with Gasteiger partial charge in [0.2, 0.25) is 0 Å². The molecule has 0 saturated carbocycles. The Bertz CT molecular complexity index is 1190. The molecular formula is C24H26ClN3O3S. The van der Waals surface area contributed by atoms with E-state index in [0.717, 1.165) is 25.0 Å². The molecule has 0 aliphatic carbocycles. The number of nitrogens with one attached hydrogen (secondary N) is 1. The zero-order chi connectivity index (χ0) is 22.7. The molecule has 3 aromatic rings. The van der Waals surface area contributed by atoms with Crippen LogP contribution in [0.5, 0.6) is 0 Å². The molecule has 2 aromatic carbocycles. The lowest BCUT2D eigenvalue weighted by atomic mass is 10.1. The van der Waals surface area contributed by atoms with Crippen molar-refractivity contribution in [3.05, 3.63) is 69.0 Å². The van der Waals surface area contributed by atoms with Crippen LogP contribution in [0.25, 0.3) is 10.9 Å². The van der Waals surface area contributed by atoms with E-state index in [9.17, 15) is 9.59 Å². The Labute approximate surface area is 196 Å². The Morgan fingerprint density at radius 2 is 2.12 bits per heavy atom. The van der Waals surface area contributed by atoms with E-state index in [0.29, 0.717) is 38.9 Å². The number of carbonyl (C=O) groups is 1. The smallest absolute Gasteiger partial charge is 0.262 e. The van der Waals surface area contributed by atoms with Gasteiger partial charge < -0.3 is 10.1 Å². The standard InChI is InChI=1S/C24H26ClN3O3S/c1-15(2)26-22(29)16-9-10-19-21(12-16)27-24(32-14-17-6-3-4-8-20(17)25)28(23(19)30)13-18-7-5-11-31-18/h3-4,6,8-10,12,15,18H,5,7,11,13-14H2,1-2H3,(H,26,29)/t18-/m0/s1. The van der Waals surface area contributed by atoms with Crippen LogP contribution in [0.3, 0.4) is 0 Å². The highest BCUT2D eigenvalue weighted by Crippen LogP contribution is 2.27. The van der Waals surface area contributed by atoms with E-state index in [2.05, 4.69) is 5.32 Å². The van der Waals surface area contributed by atoms with Gasteiger partial charge in [0.05, 0.1) is 23.6 Å². The molecule has 1 amide bonds. The molecule has 1 aromatic heterocycles. The summed E-state index contributed by atoms with van der Waals surface area (Å²) >= 11 is 7.79. The van der Waals surface area contributed by atoms with Crippen molar-refractivity contribution in [1.82, 2.24) is 14.9 Å². The second-order valence-corrected chi connectivity index (χ2v) is 9.54. The van der Waals surface area contributed by atoms with Crippen LogP contribution in [0.1, 0.15) is 42.6 Å². The number of hydrogen-bond donors (Lipinski definition) is 1. The fourth-order valence-corrected chi connectivity index (χ4v) is 5.00. The Hall–Kier alpha value is -2.35. The van der Waals surface area contributed by atoms with E-state index in [1.807, 2.05) is 38.1 Å². The Morgan fingerprint density at radius 3 is 2.84 bits per heavy atom. The van der Waals surface area contributed by atoms with Gasteiger partial charge in [-0.05, 0) is 56.5 Å². The second-order valence-electron chi connectivity index (χ2n) is 8.19. The van der Waals surface area contributed by atoms with E-state index in [4.69, 9.17) is 21.3 Å². The first kappa shape index (κ1) is 22.8. The van der Waals surface area contributed by atoms with Gasteiger partial charge >= 0.3 is 0 Å². The number of hydrogen-bond acceptors (Lipinski definition) is 5. The number of carbonyl (C=O) groups excluding carboxylic acids is 1. The van der Waals surface area contributed by atoms with E-state index >= 15 is 0 Å². The lowest BCUT2D eigenvalue weighted by molar-refractivity contribution is 0.0937. The summed E-state index contributed by atoms with van der Waals surface area (Å²) in [7, 11) is 0. The maximum Gasteiger partial charge on any atom is 0.262 e. The third kappa shape index (κ3) is 5.17. The minimum atomic E-state index is -0.183. The normalized spacial score (nSPS) is 16.1. The van der Waals surface area contributed by atoms with Crippen molar-refractivity contribution in [1.29, 1.82) is 0 Å². The Kier molecular flexibility index (Phi) is 7.18. The number of thioether (sulfide) groups is 1. The van der Waals surface area contributed by atoms with Gasteiger partial charge in [0, 0.05) is 29.0 Å². The van der Waals surface area contributed by atoms with E-state index in [-0.39, 0.29) is 23.6 Å². The first-order chi connectivity index (χ1) is 15.4. The molecular weight excluding hydrogens is 446 g/mol. The predicted molar refractivity (Wildman–Crippen MR) is 129 cm³/mol. The van der Waals surface area contributed by atoms with Crippen LogP contribution in [-0.4, -0.2) is 34.2 Å². The summed E-state index contributed by atoms with van der Waals surface area (Å²) in [6.07, 6.45) is 1.92. The molecule has 1 fully saturated rings. The van der Waals surface area contributed by atoms with Gasteiger partial charge in [-0.15, -0.1) is 0 Å². The first-order valence-corrected chi connectivity index (χ1v) is 12.1. The van der Waals surface area contributed by atoms with Crippen LogP contribution in [-0.2, 0) is 17.0 Å². The highest BCUT2D eigenvalue weighted by molar-refractivity contribution is 7.98. The Balaban J connectivity index is 1.73. The average Bonchev–Trinajstić information content (AvgIpc) is 3.28. The molecule has 4 rings (SSSR count). The number of halogens is 1. The van der Waals surface area contributed by atoms with Crippen molar-refractivity contribution in [3.8, 4) is 0 Å². The van der Waals surface area contributed by atoms with Crippen molar-refractivity contribution >= 4 is 40.2 Å². The van der Waals surface area contributed by atoms with Gasteiger partial charge in [-0.2, -0.15) is 0 Å². The summed E-state index contributed by atoms with van der Waals surface area (Å²) in [5.74, 6) is 0.397. The molecule has 2 heterocycles. The number of nitrogens with zero attached hydrogens (tertiary/aromatic N) is 2. The van der Waals surface area contributed by atoms with Crippen LogP contribution < -0.4 is 10.9 Å². The van der Waals surface area contributed by atoms with Crippen LogP contribution in [0.2, 0.25) is 5.02 Å². The number of rotatable bonds is 7.